The van der Waals surface area contributed by atoms with Gasteiger partial charge >= 0.3 is 0 Å². The molecule has 2 heterocycles. The number of amides is 1. The number of nitrogens with zero attached hydrogens (tertiary/aromatic N) is 2. The molecule has 3 aliphatic rings. The van der Waals surface area contributed by atoms with Gasteiger partial charge in [-0.3, -0.25) is 9.69 Å². The molecule has 1 amide bonds. The van der Waals surface area contributed by atoms with Crippen molar-refractivity contribution in [3.05, 3.63) is 35.4 Å². The maximum atomic E-state index is 12.3. The molecular weight excluding hydrogens is 236 g/mol. The molecule has 0 spiro atoms. The molecule has 4 rings (SSSR count). The molecule has 1 saturated heterocycles. The van der Waals surface area contributed by atoms with Crippen molar-refractivity contribution in [1.82, 2.24) is 9.80 Å². The minimum absolute atomic E-state index is 0.352. The Balaban J connectivity index is 1.59. The van der Waals surface area contributed by atoms with Crippen LogP contribution in [-0.2, 0) is 11.2 Å². The molecule has 1 atom stereocenters. The van der Waals surface area contributed by atoms with Crippen LogP contribution in [0.5, 0.6) is 0 Å². The highest BCUT2D eigenvalue weighted by molar-refractivity contribution is 5.81. The van der Waals surface area contributed by atoms with Crippen LogP contribution < -0.4 is 0 Å². The maximum absolute atomic E-state index is 12.3. The summed E-state index contributed by atoms with van der Waals surface area (Å²) in [5, 5.41) is 0. The summed E-state index contributed by atoms with van der Waals surface area (Å²) >= 11 is 0. The lowest BCUT2D eigenvalue weighted by Gasteiger charge is -2.45. The second-order valence-electron chi connectivity index (χ2n) is 6.06. The van der Waals surface area contributed by atoms with E-state index in [1.54, 1.807) is 0 Å². The van der Waals surface area contributed by atoms with Crippen molar-refractivity contribution in [2.75, 3.05) is 26.2 Å². The minimum Gasteiger partial charge on any atom is -0.339 e. The van der Waals surface area contributed by atoms with Gasteiger partial charge in [0.15, 0.2) is 0 Å². The molecule has 1 aliphatic carbocycles. The van der Waals surface area contributed by atoms with Gasteiger partial charge in [-0.15, -0.1) is 0 Å². The van der Waals surface area contributed by atoms with Crippen LogP contribution in [0.25, 0.3) is 0 Å². The number of piperazine rings is 1. The summed E-state index contributed by atoms with van der Waals surface area (Å²) in [6, 6.07) is 9.18. The van der Waals surface area contributed by atoms with Gasteiger partial charge in [-0.2, -0.15) is 0 Å². The first-order valence-electron chi connectivity index (χ1n) is 7.43. The Kier molecular flexibility index (Phi) is 2.62. The summed E-state index contributed by atoms with van der Waals surface area (Å²) in [6.45, 7) is 4.00. The summed E-state index contributed by atoms with van der Waals surface area (Å²) in [5.74, 6) is 0.757. The standard InChI is InChI=1S/C16H20N2O/c19-16(13-5-6-13)18-10-9-17-8-7-12-3-1-2-4-14(12)15(17)11-18/h1-4,13,15H,5-11H2. The summed E-state index contributed by atoms with van der Waals surface area (Å²) in [7, 11) is 0. The molecule has 0 aromatic heterocycles. The number of rotatable bonds is 1. The van der Waals surface area contributed by atoms with Crippen LogP contribution in [0.15, 0.2) is 24.3 Å². The van der Waals surface area contributed by atoms with E-state index in [4.69, 9.17) is 0 Å². The molecule has 0 N–H and O–H groups in total. The molecule has 2 aliphatic heterocycles. The fourth-order valence-electron chi connectivity index (χ4n) is 3.52. The van der Waals surface area contributed by atoms with Crippen LogP contribution in [-0.4, -0.2) is 41.9 Å². The Morgan fingerprint density at radius 2 is 1.95 bits per heavy atom. The Bertz CT molecular complexity index is 509. The monoisotopic (exact) mass is 256 g/mol. The third kappa shape index (κ3) is 1.96. The summed E-state index contributed by atoms with van der Waals surface area (Å²) in [4.78, 5) is 16.9. The zero-order valence-corrected chi connectivity index (χ0v) is 11.2. The van der Waals surface area contributed by atoms with Gasteiger partial charge in [-0.25, -0.2) is 0 Å². The van der Waals surface area contributed by atoms with Gasteiger partial charge in [0, 0.05) is 32.1 Å². The van der Waals surface area contributed by atoms with E-state index in [0.717, 1.165) is 45.4 Å². The van der Waals surface area contributed by atoms with Gasteiger partial charge in [0.2, 0.25) is 5.91 Å². The number of hydrogen-bond acceptors (Lipinski definition) is 2. The van der Waals surface area contributed by atoms with E-state index < -0.39 is 0 Å². The molecular formula is C16H20N2O. The molecule has 100 valence electrons. The van der Waals surface area contributed by atoms with Crippen molar-refractivity contribution in [3.63, 3.8) is 0 Å². The fraction of sp³-hybridized carbons (Fsp3) is 0.562. The normalized spacial score (nSPS) is 26.7. The molecule has 3 nitrogen and oxygen atoms in total. The van der Waals surface area contributed by atoms with E-state index in [1.807, 2.05) is 0 Å². The van der Waals surface area contributed by atoms with Crippen LogP contribution in [0.3, 0.4) is 0 Å². The van der Waals surface area contributed by atoms with Crippen LogP contribution in [0.4, 0.5) is 0 Å². The van der Waals surface area contributed by atoms with Crippen molar-refractivity contribution in [3.8, 4) is 0 Å². The van der Waals surface area contributed by atoms with Gasteiger partial charge in [0.25, 0.3) is 0 Å². The van der Waals surface area contributed by atoms with Crippen molar-refractivity contribution >= 4 is 5.91 Å². The number of carbonyl (C=O) groups excluding carboxylic acids is 1. The van der Waals surface area contributed by atoms with Crippen LogP contribution >= 0.6 is 0 Å². The maximum Gasteiger partial charge on any atom is 0.225 e. The number of carbonyl (C=O) groups is 1. The third-order valence-electron chi connectivity index (χ3n) is 4.81. The van der Waals surface area contributed by atoms with Gasteiger partial charge in [-0.05, 0) is 30.4 Å². The SMILES string of the molecule is O=C(C1CC1)N1CCN2CCc3ccccc3C2C1. The Morgan fingerprint density at radius 1 is 1.11 bits per heavy atom. The van der Waals surface area contributed by atoms with Crippen LogP contribution in [0.1, 0.15) is 30.0 Å². The summed E-state index contributed by atoms with van der Waals surface area (Å²) in [5.41, 5.74) is 2.92. The first-order chi connectivity index (χ1) is 9.33. The van der Waals surface area contributed by atoms with E-state index in [-0.39, 0.29) is 0 Å². The average Bonchev–Trinajstić information content (AvgIpc) is 3.30. The smallest absolute Gasteiger partial charge is 0.225 e. The predicted octanol–water partition coefficient (Wildman–Crippen LogP) is 1.84. The van der Waals surface area contributed by atoms with Crippen LogP contribution in [0.2, 0.25) is 0 Å². The second kappa shape index (κ2) is 4.34. The number of fused-ring (bicyclic) bond motifs is 3. The first-order valence-corrected chi connectivity index (χ1v) is 7.43. The molecule has 1 aromatic rings. The molecule has 19 heavy (non-hydrogen) atoms. The Morgan fingerprint density at radius 3 is 2.79 bits per heavy atom. The Hall–Kier alpha value is -1.35. The highest BCUT2D eigenvalue weighted by Crippen LogP contribution is 2.36. The van der Waals surface area contributed by atoms with E-state index in [1.165, 1.54) is 11.1 Å². The predicted molar refractivity (Wildman–Crippen MR) is 73.8 cm³/mol. The summed E-state index contributed by atoms with van der Waals surface area (Å²) < 4.78 is 0. The van der Waals surface area contributed by atoms with Gasteiger partial charge in [0.05, 0.1) is 6.04 Å². The summed E-state index contributed by atoms with van der Waals surface area (Å²) in [6.07, 6.45) is 3.38. The lowest BCUT2D eigenvalue weighted by atomic mass is 9.91. The van der Waals surface area contributed by atoms with E-state index >= 15 is 0 Å². The van der Waals surface area contributed by atoms with Crippen molar-refractivity contribution in [1.29, 1.82) is 0 Å². The molecule has 1 saturated carbocycles. The van der Waals surface area contributed by atoms with E-state index in [9.17, 15) is 4.79 Å². The number of benzene rings is 1. The zero-order chi connectivity index (χ0) is 12.8. The molecule has 0 bridgehead atoms. The highest BCUT2D eigenvalue weighted by Gasteiger charge is 2.38. The third-order valence-corrected chi connectivity index (χ3v) is 4.81. The molecule has 1 aromatic carbocycles. The van der Waals surface area contributed by atoms with Gasteiger partial charge < -0.3 is 4.90 Å². The topological polar surface area (TPSA) is 23.6 Å². The van der Waals surface area contributed by atoms with Crippen molar-refractivity contribution in [2.24, 2.45) is 5.92 Å². The second-order valence-corrected chi connectivity index (χ2v) is 6.06. The first kappa shape index (κ1) is 11.5. The Labute approximate surface area is 114 Å². The average molecular weight is 256 g/mol. The molecule has 3 heteroatoms. The van der Waals surface area contributed by atoms with E-state index in [2.05, 4.69) is 34.1 Å². The van der Waals surface area contributed by atoms with Crippen molar-refractivity contribution < 1.29 is 4.79 Å². The quantitative estimate of drug-likeness (QED) is 0.765. The van der Waals surface area contributed by atoms with Crippen LogP contribution in [0, 0.1) is 5.92 Å². The minimum atomic E-state index is 0.352. The van der Waals surface area contributed by atoms with E-state index in [0.29, 0.717) is 17.9 Å². The fourth-order valence-corrected chi connectivity index (χ4v) is 3.52. The lowest BCUT2D eigenvalue weighted by molar-refractivity contribution is -0.135. The molecule has 1 unspecified atom stereocenters. The molecule has 0 radical (unpaired) electrons. The van der Waals surface area contributed by atoms with Gasteiger partial charge in [-0.1, -0.05) is 24.3 Å². The lowest BCUT2D eigenvalue weighted by Crippen LogP contribution is -2.52. The largest absolute Gasteiger partial charge is 0.339 e. The van der Waals surface area contributed by atoms with Crippen molar-refractivity contribution in [2.45, 2.75) is 25.3 Å². The zero-order valence-electron chi connectivity index (χ0n) is 11.2. The molecule has 2 fully saturated rings. The highest BCUT2D eigenvalue weighted by atomic mass is 16.2. The number of hydrogen-bond donors (Lipinski definition) is 0. The van der Waals surface area contributed by atoms with Gasteiger partial charge in [0.1, 0.15) is 0 Å².